The van der Waals surface area contributed by atoms with Crippen molar-refractivity contribution in [3.8, 4) is 11.4 Å². The maximum absolute atomic E-state index is 5.96. The lowest BCUT2D eigenvalue weighted by Gasteiger charge is -2.02. The first-order chi connectivity index (χ1) is 8.63. The van der Waals surface area contributed by atoms with E-state index in [4.69, 9.17) is 17.3 Å². The number of nitrogens with zero attached hydrogens (tertiary/aromatic N) is 1. The van der Waals surface area contributed by atoms with Gasteiger partial charge < -0.3 is 10.7 Å². The van der Waals surface area contributed by atoms with Crippen molar-refractivity contribution in [2.24, 2.45) is 0 Å². The molecule has 2 aromatic carbocycles. The number of nitrogen functional groups attached to an aromatic ring is 1. The Hall–Kier alpha value is -2.00. The molecule has 1 aromatic heterocycles. The van der Waals surface area contributed by atoms with E-state index in [-0.39, 0.29) is 0 Å². The van der Waals surface area contributed by atoms with E-state index >= 15 is 0 Å². The fourth-order valence-electron chi connectivity index (χ4n) is 2.00. The van der Waals surface area contributed by atoms with Gasteiger partial charge in [-0.2, -0.15) is 0 Å². The second-order valence-corrected chi connectivity index (χ2v) is 4.77. The first-order valence-corrected chi connectivity index (χ1v) is 6.03. The number of aryl methyl sites for hydroxylation is 1. The van der Waals surface area contributed by atoms with E-state index in [9.17, 15) is 0 Å². The van der Waals surface area contributed by atoms with E-state index in [1.165, 1.54) is 5.56 Å². The highest BCUT2D eigenvalue weighted by molar-refractivity contribution is 6.31. The maximum atomic E-state index is 5.96. The van der Waals surface area contributed by atoms with Crippen LogP contribution in [0.25, 0.3) is 22.4 Å². The summed E-state index contributed by atoms with van der Waals surface area (Å²) in [6.07, 6.45) is 0. The van der Waals surface area contributed by atoms with E-state index in [0.717, 1.165) is 22.4 Å². The van der Waals surface area contributed by atoms with Crippen LogP contribution in [0.15, 0.2) is 36.4 Å². The van der Waals surface area contributed by atoms with Crippen LogP contribution < -0.4 is 5.73 Å². The first-order valence-electron chi connectivity index (χ1n) is 5.65. The number of fused-ring (bicyclic) bond motifs is 1. The zero-order valence-electron chi connectivity index (χ0n) is 9.87. The van der Waals surface area contributed by atoms with Crippen LogP contribution in [0.2, 0.25) is 5.02 Å². The number of hydrogen-bond donors (Lipinski definition) is 2. The minimum absolute atomic E-state index is 0.623. The summed E-state index contributed by atoms with van der Waals surface area (Å²) >= 11 is 5.89. The number of H-pyrrole nitrogens is 1. The van der Waals surface area contributed by atoms with Crippen LogP contribution in [0.3, 0.4) is 0 Å². The Morgan fingerprint density at radius 3 is 2.78 bits per heavy atom. The minimum Gasteiger partial charge on any atom is -0.398 e. The van der Waals surface area contributed by atoms with Crippen molar-refractivity contribution in [1.29, 1.82) is 0 Å². The number of halogens is 1. The van der Waals surface area contributed by atoms with Crippen molar-refractivity contribution in [3.05, 3.63) is 47.0 Å². The Kier molecular flexibility index (Phi) is 2.49. The highest BCUT2D eigenvalue weighted by atomic mass is 35.5. The standard InChI is InChI=1S/C14H12ClN3/c1-8-2-5-12-13(6-8)18-14(17-12)10-4-3-9(15)7-11(10)16/h2-7H,16H2,1H3,(H,17,18). The summed E-state index contributed by atoms with van der Waals surface area (Å²) in [6, 6.07) is 11.5. The van der Waals surface area contributed by atoms with Crippen LogP contribution in [-0.4, -0.2) is 9.97 Å². The molecule has 3 aromatic rings. The number of hydrogen-bond acceptors (Lipinski definition) is 2. The Bertz CT molecular complexity index is 731. The van der Waals surface area contributed by atoms with Gasteiger partial charge in [0.15, 0.2) is 0 Å². The Morgan fingerprint density at radius 2 is 2.00 bits per heavy atom. The quantitative estimate of drug-likeness (QED) is 0.652. The van der Waals surface area contributed by atoms with Crippen molar-refractivity contribution in [2.45, 2.75) is 6.92 Å². The molecule has 0 spiro atoms. The highest BCUT2D eigenvalue weighted by Gasteiger charge is 2.08. The average Bonchev–Trinajstić information content (AvgIpc) is 2.71. The van der Waals surface area contributed by atoms with Crippen molar-refractivity contribution < 1.29 is 0 Å². The third-order valence-electron chi connectivity index (χ3n) is 2.91. The van der Waals surface area contributed by atoms with Crippen LogP contribution in [0.4, 0.5) is 5.69 Å². The number of benzene rings is 2. The molecule has 0 radical (unpaired) electrons. The topological polar surface area (TPSA) is 54.7 Å². The molecule has 0 aliphatic heterocycles. The van der Waals surface area contributed by atoms with Crippen LogP contribution in [-0.2, 0) is 0 Å². The van der Waals surface area contributed by atoms with Gasteiger partial charge in [-0.15, -0.1) is 0 Å². The van der Waals surface area contributed by atoms with Crippen LogP contribution >= 0.6 is 11.6 Å². The van der Waals surface area contributed by atoms with Gasteiger partial charge in [-0.25, -0.2) is 4.98 Å². The Balaban J connectivity index is 2.19. The highest BCUT2D eigenvalue weighted by Crippen LogP contribution is 2.28. The van der Waals surface area contributed by atoms with E-state index in [1.807, 2.05) is 24.3 Å². The number of anilines is 1. The molecule has 0 saturated carbocycles. The van der Waals surface area contributed by atoms with Gasteiger partial charge in [-0.3, -0.25) is 0 Å². The number of imidazole rings is 1. The van der Waals surface area contributed by atoms with E-state index in [2.05, 4.69) is 23.0 Å². The van der Waals surface area contributed by atoms with Gasteiger partial charge in [-0.1, -0.05) is 17.7 Å². The third kappa shape index (κ3) is 1.83. The normalized spacial score (nSPS) is 11.0. The number of nitrogens with one attached hydrogen (secondary N) is 1. The van der Waals surface area contributed by atoms with Crippen LogP contribution in [0.1, 0.15) is 5.56 Å². The molecule has 0 saturated heterocycles. The van der Waals surface area contributed by atoms with Gasteiger partial charge in [-0.05, 0) is 42.8 Å². The lowest BCUT2D eigenvalue weighted by Crippen LogP contribution is -1.90. The van der Waals surface area contributed by atoms with Crippen LogP contribution in [0, 0.1) is 6.92 Å². The molecule has 3 rings (SSSR count). The zero-order valence-corrected chi connectivity index (χ0v) is 10.6. The Labute approximate surface area is 110 Å². The summed E-state index contributed by atoms with van der Waals surface area (Å²) in [4.78, 5) is 7.81. The van der Waals surface area contributed by atoms with Crippen LogP contribution in [0.5, 0.6) is 0 Å². The van der Waals surface area contributed by atoms with Gasteiger partial charge in [0.25, 0.3) is 0 Å². The average molecular weight is 258 g/mol. The molecular weight excluding hydrogens is 246 g/mol. The van der Waals surface area contributed by atoms with Gasteiger partial charge >= 0.3 is 0 Å². The number of aromatic nitrogens is 2. The van der Waals surface area contributed by atoms with Gasteiger partial charge in [0.2, 0.25) is 0 Å². The second kappa shape index (κ2) is 4.03. The fraction of sp³-hybridized carbons (Fsp3) is 0.0714. The molecule has 0 bridgehead atoms. The first kappa shape index (κ1) is 11.1. The number of aromatic amines is 1. The van der Waals surface area contributed by atoms with Crippen molar-refractivity contribution in [1.82, 2.24) is 9.97 Å². The van der Waals surface area contributed by atoms with Crippen molar-refractivity contribution in [2.75, 3.05) is 5.73 Å². The second-order valence-electron chi connectivity index (χ2n) is 4.34. The number of nitrogens with two attached hydrogens (primary N) is 1. The molecule has 0 amide bonds. The lowest BCUT2D eigenvalue weighted by molar-refractivity contribution is 1.34. The molecule has 4 heteroatoms. The van der Waals surface area contributed by atoms with E-state index in [1.54, 1.807) is 6.07 Å². The largest absolute Gasteiger partial charge is 0.398 e. The molecule has 0 fully saturated rings. The summed E-state index contributed by atoms with van der Waals surface area (Å²) in [5.41, 5.74) is 10.6. The molecule has 90 valence electrons. The summed E-state index contributed by atoms with van der Waals surface area (Å²) in [5, 5.41) is 0.628. The molecule has 0 unspecified atom stereocenters. The monoisotopic (exact) mass is 257 g/mol. The predicted octanol–water partition coefficient (Wildman–Crippen LogP) is 3.77. The van der Waals surface area contributed by atoms with E-state index in [0.29, 0.717) is 10.7 Å². The molecule has 0 atom stereocenters. The van der Waals surface area contributed by atoms with Crippen molar-refractivity contribution >= 4 is 28.3 Å². The molecule has 3 nitrogen and oxygen atoms in total. The predicted molar refractivity (Wildman–Crippen MR) is 75.7 cm³/mol. The lowest BCUT2D eigenvalue weighted by atomic mass is 10.2. The number of rotatable bonds is 1. The summed E-state index contributed by atoms with van der Waals surface area (Å²) in [5.74, 6) is 0.768. The summed E-state index contributed by atoms with van der Waals surface area (Å²) < 4.78 is 0. The summed E-state index contributed by atoms with van der Waals surface area (Å²) in [7, 11) is 0. The van der Waals surface area contributed by atoms with E-state index < -0.39 is 0 Å². The minimum atomic E-state index is 0.623. The maximum Gasteiger partial charge on any atom is 0.140 e. The Morgan fingerprint density at radius 1 is 1.17 bits per heavy atom. The van der Waals surface area contributed by atoms with Gasteiger partial charge in [0, 0.05) is 16.3 Å². The fourth-order valence-corrected chi connectivity index (χ4v) is 2.18. The zero-order chi connectivity index (χ0) is 12.7. The third-order valence-corrected chi connectivity index (χ3v) is 3.14. The smallest absolute Gasteiger partial charge is 0.140 e. The molecule has 0 aliphatic carbocycles. The molecular formula is C14H12ClN3. The molecule has 3 N–H and O–H groups in total. The van der Waals surface area contributed by atoms with Crippen molar-refractivity contribution in [3.63, 3.8) is 0 Å². The van der Waals surface area contributed by atoms with Gasteiger partial charge in [0.05, 0.1) is 11.0 Å². The molecule has 0 aliphatic rings. The SMILES string of the molecule is Cc1ccc2nc(-c3ccc(Cl)cc3N)[nH]c2c1. The molecule has 1 heterocycles. The summed E-state index contributed by atoms with van der Waals surface area (Å²) in [6.45, 7) is 2.05. The van der Waals surface area contributed by atoms with Gasteiger partial charge in [0.1, 0.15) is 5.82 Å². The molecule has 18 heavy (non-hydrogen) atoms.